The Morgan fingerprint density at radius 2 is 1.78 bits per heavy atom. The maximum atomic E-state index is 10.2. The molecule has 0 aromatic heterocycles. The van der Waals surface area contributed by atoms with E-state index < -0.39 is 5.97 Å². The Morgan fingerprint density at radius 3 is 1.78 bits per heavy atom. The third kappa shape index (κ3) is 5.55. The van der Waals surface area contributed by atoms with E-state index in [4.69, 9.17) is 5.11 Å². The number of carbonyl (C=O) groups is 1. The minimum absolute atomic E-state index is 0. The molecule has 1 N–H and O–H groups in total. The molecule has 0 aromatic rings. The average Bonchev–Trinajstić information content (AvgIpc) is 1.69. The van der Waals surface area contributed by atoms with E-state index in [-0.39, 0.29) is 57.3 Å². The van der Waals surface area contributed by atoms with E-state index >= 15 is 0 Å². The van der Waals surface area contributed by atoms with Crippen molar-refractivity contribution in [2.24, 2.45) is 5.92 Å². The molecule has 0 fully saturated rings. The van der Waals surface area contributed by atoms with E-state index in [1.54, 1.807) is 0 Å². The molecule has 9 heavy (non-hydrogen) atoms. The van der Waals surface area contributed by atoms with Crippen molar-refractivity contribution in [2.75, 3.05) is 0 Å². The third-order valence-electron chi connectivity index (χ3n) is 1.33. The van der Waals surface area contributed by atoms with Crippen molar-refractivity contribution < 1.29 is 9.90 Å². The molecule has 0 aromatic carbocycles. The van der Waals surface area contributed by atoms with Gasteiger partial charge in [-0.2, -0.15) is 0 Å². The van der Waals surface area contributed by atoms with Gasteiger partial charge in [-0.15, -0.1) is 0 Å². The summed E-state index contributed by atoms with van der Waals surface area (Å²) in [5.74, 6) is -0.801. The average molecular weight is 156 g/mol. The van der Waals surface area contributed by atoms with Gasteiger partial charge in [-0.25, -0.2) is 0 Å². The van der Waals surface area contributed by atoms with E-state index in [1.807, 2.05) is 13.8 Å². The van der Waals surface area contributed by atoms with Crippen LogP contribution in [0, 0.1) is 5.92 Å². The molecule has 0 aliphatic rings. The van der Waals surface area contributed by atoms with Crippen molar-refractivity contribution >= 4 is 57.4 Å². The number of carboxylic acids is 1. The Labute approximate surface area is 98.4 Å². The minimum atomic E-state index is -0.671. The molecule has 0 aliphatic carbocycles. The molecule has 0 aliphatic heterocycles. The zero-order valence-corrected chi connectivity index (χ0v) is 5.35. The summed E-state index contributed by atoms with van der Waals surface area (Å²) < 4.78 is 0. The first kappa shape index (κ1) is 12.8. The van der Waals surface area contributed by atoms with Crippen molar-refractivity contribution in [1.82, 2.24) is 0 Å². The van der Waals surface area contributed by atoms with E-state index in [0.717, 1.165) is 12.8 Å². The zero-order valence-electron chi connectivity index (χ0n) is 5.35. The van der Waals surface area contributed by atoms with Gasteiger partial charge in [0, 0.05) is 0 Å². The predicted molar refractivity (Wildman–Crippen MR) is 38.9 cm³/mol. The van der Waals surface area contributed by atoms with Gasteiger partial charge in [-0.05, 0) is 12.8 Å². The van der Waals surface area contributed by atoms with Crippen molar-refractivity contribution in [1.29, 1.82) is 0 Å². The topological polar surface area (TPSA) is 37.3 Å². The SMILES string of the molecule is CCC(CC)C(=O)O.[KH]. The van der Waals surface area contributed by atoms with Gasteiger partial charge in [0.25, 0.3) is 0 Å². The molecule has 0 unspecified atom stereocenters. The molecule has 0 heterocycles. The second-order valence-corrected chi connectivity index (χ2v) is 1.85. The summed E-state index contributed by atoms with van der Waals surface area (Å²) in [6, 6.07) is 0. The fourth-order valence-electron chi connectivity index (χ4n) is 0.638. The quantitative estimate of drug-likeness (QED) is 0.615. The molecule has 0 saturated carbocycles. The Kier molecular flexibility index (Phi) is 10.2. The molecule has 0 radical (unpaired) electrons. The summed E-state index contributed by atoms with van der Waals surface area (Å²) in [7, 11) is 0. The first-order valence-corrected chi connectivity index (χ1v) is 2.95. The molecule has 3 heteroatoms. The van der Waals surface area contributed by atoms with Gasteiger partial charge in [-0.1, -0.05) is 13.8 Å². The Balaban J connectivity index is 0. The molecule has 2 nitrogen and oxygen atoms in total. The maximum absolute atomic E-state index is 10.2. The molecule has 0 spiro atoms. The fraction of sp³-hybridized carbons (Fsp3) is 0.833. The van der Waals surface area contributed by atoms with Crippen LogP contribution in [0.1, 0.15) is 26.7 Å². The monoisotopic (exact) mass is 156 g/mol. The van der Waals surface area contributed by atoms with E-state index in [2.05, 4.69) is 0 Å². The Hall–Kier alpha value is 1.11. The van der Waals surface area contributed by atoms with Crippen LogP contribution in [0.4, 0.5) is 0 Å². The molecule has 0 rings (SSSR count). The van der Waals surface area contributed by atoms with E-state index in [1.165, 1.54) is 0 Å². The molecule has 50 valence electrons. The second-order valence-electron chi connectivity index (χ2n) is 1.85. The summed E-state index contributed by atoms with van der Waals surface area (Å²) in [5, 5.41) is 8.37. The predicted octanol–water partition coefficient (Wildman–Crippen LogP) is 0.859. The Morgan fingerprint density at radius 1 is 1.44 bits per heavy atom. The van der Waals surface area contributed by atoms with Crippen LogP contribution in [0.5, 0.6) is 0 Å². The number of carboxylic acid groups (broad SMARTS) is 1. The summed E-state index contributed by atoms with van der Waals surface area (Å²) in [5.41, 5.74) is 0. The van der Waals surface area contributed by atoms with Gasteiger partial charge in [0.2, 0.25) is 0 Å². The third-order valence-corrected chi connectivity index (χ3v) is 1.33. The van der Waals surface area contributed by atoms with Crippen LogP contribution >= 0.6 is 0 Å². The van der Waals surface area contributed by atoms with Crippen LogP contribution in [-0.4, -0.2) is 62.5 Å². The van der Waals surface area contributed by atoms with Gasteiger partial charge < -0.3 is 5.11 Å². The van der Waals surface area contributed by atoms with Crippen LogP contribution in [-0.2, 0) is 4.79 Å². The van der Waals surface area contributed by atoms with Gasteiger partial charge >= 0.3 is 57.4 Å². The van der Waals surface area contributed by atoms with Crippen molar-refractivity contribution in [3.63, 3.8) is 0 Å². The fourth-order valence-corrected chi connectivity index (χ4v) is 0.638. The standard InChI is InChI=1S/C6H12O2.K.H/c1-3-5(4-2)6(7)8;;/h5H,3-4H2,1-2H3,(H,7,8);;. The first-order chi connectivity index (χ1) is 3.72. The van der Waals surface area contributed by atoms with Gasteiger partial charge in [0.1, 0.15) is 0 Å². The van der Waals surface area contributed by atoms with Crippen molar-refractivity contribution in [3.05, 3.63) is 0 Å². The summed E-state index contributed by atoms with van der Waals surface area (Å²) in [6.45, 7) is 3.78. The molecular formula is C6H13KO2. The second kappa shape index (κ2) is 7.22. The van der Waals surface area contributed by atoms with Crippen LogP contribution in [0.15, 0.2) is 0 Å². The van der Waals surface area contributed by atoms with Crippen LogP contribution in [0.3, 0.4) is 0 Å². The van der Waals surface area contributed by atoms with Crippen LogP contribution in [0.25, 0.3) is 0 Å². The molecule has 0 bridgehead atoms. The van der Waals surface area contributed by atoms with E-state index in [0.29, 0.717) is 0 Å². The Bertz CT molecular complexity index is 79.1. The summed E-state index contributed by atoms with van der Waals surface area (Å²) in [4.78, 5) is 10.2. The number of aliphatic carboxylic acids is 1. The molecule has 0 amide bonds. The van der Waals surface area contributed by atoms with Gasteiger partial charge in [-0.3, -0.25) is 4.79 Å². The number of hydrogen-bond acceptors (Lipinski definition) is 1. The van der Waals surface area contributed by atoms with Crippen molar-refractivity contribution in [2.45, 2.75) is 26.7 Å². The zero-order chi connectivity index (χ0) is 6.57. The van der Waals surface area contributed by atoms with Gasteiger partial charge in [0.15, 0.2) is 0 Å². The summed E-state index contributed by atoms with van der Waals surface area (Å²) >= 11 is 0. The van der Waals surface area contributed by atoms with Crippen LogP contribution < -0.4 is 0 Å². The number of hydrogen-bond donors (Lipinski definition) is 1. The summed E-state index contributed by atoms with van der Waals surface area (Å²) in [6.07, 6.45) is 1.48. The van der Waals surface area contributed by atoms with Crippen LogP contribution in [0.2, 0.25) is 0 Å². The van der Waals surface area contributed by atoms with Gasteiger partial charge in [0.05, 0.1) is 5.92 Å². The van der Waals surface area contributed by atoms with E-state index in [9.17, 15) is 4.79 Å². The normalized spacial score (nSPS) is 8.78. The number of rotatable bonds is 3. The molecule has 0 saturated heterocycles. The molecular weight excluding hydrogens is 143 g/mol. The first-order valence-electron chi connectivity index (χ1n) is 2.95. The van der Waals surface area contributed by atoms with Crippen molar-refractivity contribution in [3.8, 4) is 0 Å². The molecule has 0 atom stereocenters.